The Morgan fingerprint density at radius 2 is 2.14 bits per heavy atom. The molecule has 0 aromatic rings. The van der Waals surface area contributed by atoms with Gasteiger partial charge in [-0.2, -0.15) is 0 Å². The smallest absolute Gasteiger partial charge is 0.320 e. The molecule has 0 radical (unpaired) electrons. The normalized spacial score (nSPS) is 17.2. The Morgan fingerprint density at radius 3 is 2.64 bits per heavy atom. The summed E-state index contributed by atoms with van der Waals surface area (Å²) in [5.74, 6) is 0.0417. The van der Waals surface area contributed by atoms with Gasteiger partial charge >= 0.3 is 6.03 Å². The quantitative estimate of drug-likeness (QED) is 0.282. The van der Waals surface area contributed by atoms with Gasteiger partial charge in [-0.3, -0.25) is 0 Å². The summed E-state index contributed by atoms with van der Waals surface area (Å²) in [6, 6.07) is -0.0610. The summed E-state index contributed by atoms with van der Waals surface area (Å²) in [6.07, 6.45) is 2.12. The van der Waals surface area contributed by atoms with Crippen molar-refractivity contribution in [3.8, 4) is 0 Å². The van der Waals surface area contributed by atoms with Crippen molar-refractivity contribution in [3.05, 3.63) is 0 Å². The number of hydrogen-bond donors (Lipinski definition) is 2. The standard InChI is InChI=1S/C8H16N4O2/c1-11(6-7(9)10-14)8(13)12-4-2-3-5-12/h14H,2-6H2,1H3,(H2,9,10). The highest BCUT2D eigenvalue weighted by Gasteiger charge is 2.21. The summed E-state index contributed by atoms with van der Waals surface area (Å²) in [5, 5.41) is 11.2. The first-order valence-electron chi connectivity index (χ1n) is 4.61. The van der Waals surface area contributed by atoms with E-state index in [1.165, 1.54) is 4.90 Å². The monoisotopic (exact) mass is 200 g/mol. The van der Waals surface area contributed by atoms with Crippen LogP contribution in [0.5, 0.6) is 0 Å². The van der Waals surface area contributed by atoms with Crippen LogP contribution in [0.15, 0.2) is 5.16 Å². The van der Waals surface area contributed by atoms with Gasteiger partial charge in [0, 0.05) is 20.1 Å². The van der Waals surface area contributed by atoms with E-state index in [0.717, 1.165) is 25.9 Å². The van der Waals surface area contributed by atoms with Crippen molar-refractivity contribution in [1.29, 1.82) is 0 Å². The number of hydrogen-bond acceptors (Lipinski definition) is 3. The molecule has 1 aliphatic rings. The summed E-state index contributed by atoms with van der Waals surface area (Å²) < 4.78 is 0. The number of nitrogens with zero attached hydrogens (tertiary/aromatic N) is 3. The number of nitrogens with two attached hydrogens (primary N) is 1. The Labute approximate surface area is 83.0 Å². The van der Waals surface area contributed by atoms with E-state index in [-0.39, 0.29) is 18.4 Å². The van der Waals surface area contributed by atoms with E-state index in [0.29, 0.717) is 0 Å². The molecule has 0 saturated carbocycles. The molecule has 3 N–H and O–H groups in total. The molecule has 2 amide bonds. The molecule has 1 saturated heterocycles. The molecule has 0 atom stereocenters. The van der Waals surface area contributed by atoms with Gasteiger partial charge in [0.2, 0.25) is 0 Å². The third kappa shape index (κ3) is 2.51. The molecule has 0 aromatic carbocycles. The third-order valence-electron chi connectivity index (χ3n) is 2.23. The fraction of sp³-hybridized carbons (Fsp3) is 0.750. The lowest BCUT2D eigenvalue weighted by Crippen LogP contribution is -2.43. The molecule has 80 valence electrons. The highest BCUT2D eigenvalue weighted by molar-refractivity contribution is 5.86. The molecule has 6 heteroatoms. The molecule has 1 aliphatic heterocycles. The highest BCUT2D eigenvalue weighted by Crippen LogP contribution is 2.09. The summed E-state index contributed by atoms with van der Waals surface area (Å²) in [4.78, 5) is 14.9. The molecular formula is C8H16N4O2. The fourth-order valence-electron chi connectivity index (χ4n) is 1.49. The number of oxime groups is 1. The summed E-state index contributed by atoms with van der Waals surface area (Å²) in [5.41, 5.74) is 5.30. The van der Waals surface area contributed by atoms with E-state index in [1.807, 2.05) is 0 Å². The van der Waals surface area contributed by atoms with Gasteiger partial charge in [-0.15, -0.1) is 0 Å². The lowest BCUT2D eigenvalue weighted by Gasteiger charge is -2.23. The molecule has 0 unspecified atom stereocenters. The second-order valence-corrected chi connectivity index (χ2v) is 3.42. The van der Waals surface area contributed by atoms with E-state index in [1.54, 1.807) is 11.9 Å². The second kappa shape index (κ2) is 4.69. The van der Waals surface area contributed by atoms with Crippen LogP contribution in [0.3, 0.4) is 0 Å². The Kier molecular flexibility index (Phi) is 3.55. The van der Waals surface area contributed by atoms with Crippen molar-refractivity contribution < 1.29 is 10.0 Å². The molecular weight excluding hydrogens is 184 g/mol. The van der Waals surface area contributed by atoms with Gasteiger partial charge in [0.25, 0.3) is 0 Å². The molecule has 14 heavy (non-hydrogen) atoms. The predicted octanol–water partition coefficient (Wildman–Crippen LogP) is -0.120. The van der Waals surface area contributed by atoms with Crippen LogP contribution in [-0.2, 0) is 0 Å². The summed E-state index contributed by atoms with van der Waals surface area (Å²) >= 11 is 0. The lowest BCUT2D eigenvalue weighted by atomic mass is 10.4. The third-order valence-corrected chi connectivity index (χ3v) is 2.23. The number of rotatable bonds is 2. The number of likely N-dealkylation sites (tertiary alicyclic amines) is 1. The second-order valence-electron chi connectivity index (χ2n) is 3.42. The van der Waals surface area contributed by atoms with Crippen LogP contribution in [-0.4, -0.2) is 53.6 Å². The maximum Gasteiger partial charge on any atom is 0.320 e. The number of amidine groups is 1. The minimum atomic E-state index is -0.0610. The van der Waals surface area contributed by atoms with E-state index < -0.39 is 0 Å². The summed E-state index contributed by atoms with van der Waals surface area (Å²) in [7, 11) is 1.64. The largest absolute Gasteiger partial charge is 0.409 e. The Morgan fingerprint density at radius 1 is 1.57 bits per heavy atom. The van der Waals surface area contributed by atoms with Gasteiger partial charge in [0.1, 0.15) is 0 Å². The van der Waals surface area contributed by atoms with Crippen LogP contribution in [0, 0.1) is 0 Å². The van der Waals surface area contributed by atoms with Crippen LogP contribution in [0.4, 0.5) is 4.79 Å². The predicted molar refractivity (Wildman–Crippen MR) is 52.2 cm³/mol. The fourth-order valence-corrected chi connectivity index (χ4v) is 1.49. The van der Waals surface area contributed by atoms with Crippen molar-refractivity contribution in [1.82, 2.24) is 9.80 Å². The first kappa shape index (κ1) is 10.6. The van der Waals surface area contributed by atoms with Crippen LogP contribution in [0.2, 0.25) is 0 Å². The van der Waals surface area contributed by atoms with E-state index in [9.17, 15) is 4.79 Å². The number of carbonyl (C=O) groups excluding carboxylic acids is 1. The van der Waals surface area contributed by atoms with Gasteiger partial charge in [-0.05, 0) is 12.8 Å². The molecule has 0 aromatic heterocycles. The zero-order chi connectivity index (χ0) is 10.6. The Bertz CT molecular complexity index is 235. The van der Waals surface area contributed by atoms with Gasteiger partial charge in [0.15, 0.2) is 5.84 Å². The topological polar surface area (TPSA) is 82.2 Å². The SMILES string of the molecule is CN(CC(N)=NO)C(=O)N1CCCC1. The number of urea groups is 1. The zero-order valence-electron chi connectivity index (χ0n) is 8.31. The number of amides is 2. The zero-order valence-corrected chi connectivity index (χ0v) is 8.31. The molecule has 0 spiro atoms. The van der Waals surface area contributed by atoms with E-state index in [2.05, 4.69) is 5.16 Å². The number of likely N-dealkylation sites (N-methyl/N-ethyl adjacent to an activating group) is 1. The van der Waals surface area contributed by atoms with Crippen molar-refractivity contribution in [2.45, 2.75) is 12.8 Å². The number of carbonyl (C=O) groups is 1. The molecule has 0 bridgehead atoms. The molecule has 1 fully saturated rings. The average Bonchev–Trinajstić information content (AvgIpc) is 2.69. The Hall–Kier alpha value is -1.46. The van der Waals surface area contributed by atoms with Crippen LogP contribution >= 0.6 is 0 Å². The minimum Gasteiger partial charge on any atom is -0.409 e. The van der Waals surface area contributed by atoms with Crippen molar-refractivity contribution in [2.75, 3.05) is 26.7 Å². The average molecular weight is 200 g/mol. The van der Waals surface area contributed by atoms with Crippen LogP contribution in [0.25, 0.3) is 0 Å². The van der Waals surface area contributed by atoms with E-state index >= 15 is 0 Å². The van der Waals surface area contributed by atoms with Gasteiger partial charge in [0.05, 0.1) is 6.54 Å². The van der Waals surface area contributed by atoms with Crippen molar-refractivity contribution >= 4 is 11.9 Å². The van der Waals surface area contributed by atoms with Gasteiger partial charge < -0.3 is 20.7 Å². The van der Waals surface area contributed by atoms with Crippen molar-refractivity contribution in [2.24, 2.45) is 10.9 Å². The molecule has 0 aliphatic carbocycles. The molecule has 1 heterocycles. The van der Waals surface area contributed by atoms with E-state index in [4.69, 9.17) is 10.9 Å². The first-order chi connectivity index (χ1) is 6.65. The lowest BCUT2D eigenvalue weighted by molar-refractivity contribution is 0.178. The maximum absolute atomic E-state index is 11.7. The van der Waals surface area contributed by atoms with Crippen molar-refractivity contribution in [3.63, 3.8) is 0 Å². The first-order valence-corrected chi connectivity index (χ1v) is 4.61. The summed E-state index contributed by atoms with van der Waals surface area (Å²) in [6.45, 7) is 1.77. The Balaban J connectivity index is 2.43. The van der Waals surface area contributed by atoms with Gasteiger partial charge in [-0.1, -0.05) is 5.16 Å². The maximum atomic E-state index is 11.7. The van der Waals surface area contributed by atoms with Crippen LogP contribution < -0.4 is 5.73 Å². The van der Waals surface area contributed by atoms with Crippen LogP contribution in [0.1, 0.15) is 12.8 Å². The molecule has 1 rings (SSSR count). The minimum absolute atomic E-state index is 0.0417. The van der Waals surface area contributed by atoms with Gasteiger partial charge in [-0.25, -0.2) is 4.79 Å². The highest BCUT2D eigenvalue weighted by atomic mass is 16.4. The molecule has 6 nitrogen and oxygen atoms in total.